The van der Waals surface area contributed by atoms with E-state index in [2.05, 4.69) is 67.4 Å². The van der Waals surface area contributed by atoms with E-state index in [1.54, 1.807) is 37.3 Å². The van der Waals surface area contributed by atoms with Crippen molar-refractivity contribution in [3.05, 3.63) is 113 Å². The number of halogens is 1. The van der Waals surface area contributed by atoms with Gasteiger partial charge in [0.05, 0.1) is 0 Å². The van der Waals surface area contributed by atoms with Gasteiger partial charge in [0.15, 0.2) is 0 Å². The molecule has 3 heteroatoms. The molecule has 0 fully saturated rings. The summed E-state index contributed by atoms with van der Waals surface area (Å²) in [5.41, 5.74) is 6.07. The van der Waals surface area contributed by atoms with Crippen LogP contribution >= 0.6 is 11.6 Å². The third kappa shape index (κ3) is 7.81. The van der Waals surface area contributed by atoms with Crippen molar-refractivity contribution >= 4 is 23.2 Å². The lowest BCUT2D eigenvalue weighted by atomic mass is 10.0. The third-order valence-corrected chi connectivity index (χ3v) is 4.33. The predicted molar refractivity (Wildman–Crippen MR) is 125 cm³/mol. The number of benzene rings is 3. The van der Waals surface area contributed by atoms with Gasteiger partial charge in [0.1, 0.15) is 0 Å². The molecular formula is C26H26ClNO. The van der Waals surface area contributed by atoms with E-state index < -0.39 is 0 Å². The molecule has 0 radical (unpaired) electrons. The number of rotatable bonds is 4. The molecule has 148 valence electrons. The van der Waals surface area contributed by atoms with Gasteiger partial charge in [0.25, 0.3) is 5.91 Å². The highest BCUT2D eigenvalue weighted by Gasteiger charge is 2.04. The van der Waals surface area contributed by atoms with Gasteiger partial charge < -0.3 is 5.32 Å². The maximum Gasteiger partial charge on any atom is 0.251 e. The molecule has 1 amide bonds. The summed E-state index contributed by atoms with van der Waals surface area (Å²) in [5, 5.41) is 3.41. The first-order valence-electron chi connectivity index (χ1n) is 9.38. The molecule has 0 saturated carbocycles. The van der Waals surface area contributed by atoms with Crippen LogP contribution in [0.2, 0.25) is 5.02 Å². The fraction of sp³-hybridized carbons (Fsp3) is 0.115. The molecule has 0 bridgehead atoms. The van der Waals surface area contributed by atoms with Crippen molar-refractivity contribution < 1.29 is 4.79 Å². The molecule has 0 saturated heterocycles. The van der Waals surface area contributed by atoms with E-state index in [4.69, 9.17) is 11.6 Å². The summed E-state index contributed by atoms with van der Waals surface area (Å²) in [5.74, 6) is -0.134. The van der Waals surface area contributed by atoms with E-state index in [1.807, 2.05) is 13.0 Å². The summed E-state index contributed by atoms with van der Waals surface area (Å²) >= 11 is 5.74. The minimum Gasteiger partial charge on any atom is -0.322 e. The van der Waals surface area contributed by atoms with E-state index in [0.717, 1.165) is 11.3 Å². The lowest BCUT2D eigenvalue weighted by Crippen LogP contribution is -2.12. The van der Waals surface area contributed by atoms with Gasteiger partial charge in [0, 0.05) is 16.3 Å². The second-order valence-corrected chi connectivity index (χ2v) is 7.30. The molecule has 0 aliphatic carbocycles. The SMILES string of the molecule is C=C(C)/C=C(\C)C(=O)Nc1ccc(Cl)cc1.Cc1ccc(-c2ccccc2)cc1. The van der Waals surface area contributed by atoms with Gasteiger partial charge in [0.2, 0.25) is 0 Å². The average molecular weight is 404 g/mol. The largest absolute Gasteiger partial charge is 0.322 e. The first-order chi connectivity index (χ1) is 13.8. The van der Waals surface area contributed by atoms with Crippen LogP contribution in [-0.4, -0.2) is 5.91 Å². The summed E-state index contributed by atoms with van der Waals surface area (Å²) < 4.78 is 0. The molecule has 0 unspecified atom stereocenters. The Bertz CT molecular complexity index is 971. The molecule has 3 aromatic rings. The number of allylic oxidation sites excluding steroid dienone is 2. The predicted octanol–water partition coefficient (Wildman–Crippen LogP) is 7.46. The van der Waals surface area contributed by atoms with Gasteiger partial charge in [-0.1, -0.05) is 90.0 Å². The van der Waals surface area contributed by atoms with Gasteiger partial charge in [-0.25, -0.2) is 0 Å². The molecule has 2 nitrogen and oxygen atoms in total. The van der Waals surface area contributed by atoms with Crippen LogP contribution in [0.3, 0.4) is 0 Å². The van der Waals surface area contributed by atoms with E-state index in [9.17, 15) is 4.79 Å². The van der Waals surface area contributed by atoms with Gasteiger partial charge in [-0.05, 0) is 56.2 Å². The Labute approximate surface area is 178 Å². The van der Waals surface area contributed by atoms with Crippen LogP contribution in [0, 0.1) is 6.92 Å². The van der Waals surface area contributed by atoms with Crippen LogP contribution in [0.1, 0.15) is 19.4 Å². The monoisotopic (exact) mass is 403 g/mol. The van der Waals surface area contributed by atoms with Gasteiger partial charge in [-0.3, -0.25) is 4.79 Å². The van der Waals surface area contributed by atoms with Crippen LogP contribution < -0.4 is 5.32 Å². The topological polar surface area (TPSA) is 29.1 Å². The van der Waals surface area contributed by atoms with E-state index >= 15 is 0 Å². The van der Waals surface area contributed by atoms with Crippen LogP contribution in [0.15, 0.2) is 103 Å². The highest BCUT2D eigenvalue weighted by molar-refractivity contribution is 6.30. The zero-order chi connectivity index (χ0) is 21.2. The number of amides is 1. The molecule has 0 aromatic heterocycles. The Kier molecular flexibility index (Phi) is 8.45. The van der Waals surface area contributed by atoms with Crippen molar-refractivity contribution in [1.29, 1.82) is 0 Å². The van der Waals surface area contributed by atoms with Crippen molar-refractivity contribution in [2.45, 2.75) is 20.8 Å². The third-order valence-electron chi connectivity index (χ3n) is 4.08. The zero-order valence-corrected chi connectivity index (χ0v) is 17.8. The van der Waals surface area contributed by atoms with E-state index in [0.29, 0.717) is 10.6 Å². The fourth-order valence-corrected chi connectivity index (χ4v) is 2.70. The Balaban J connectivity index is 0.000000211. The first-order valence-corrected chi connectivity index (χ1v) is 9.76. The lowest BCUT2D eigenvalue weighted by molar-refractivity contribution is -0.112. The minimum atomic E-state index is -0.134. The number of hydrogen-bond donors (Lipinski definition) is 1. The van der Waals surface area contributed by atoms with Crippen molar-refractivity contribution in [1.82, 2.24) is 0 Å². The second-order valence-electron chi connectivity index (χ2n) is 6.87. The molecule has 3 aromatic carbocycles. The van der Waals surface area contributed by atoms with Crippen LogP contribution in [0.4, 0.5) is 5.69 Å². The van der Waals surface area contributed by atoms with E-state index in [-0.39, 0.29) is 5.91 Å². The highest BCUT2D eigenvalue weighted by atomic mass is 35.5. The summed E-state index contributed by atoms with van der Waals surface area (Å²) in [7, 11) is 0. The van der Waals surface area contributed by atoms with Gasteiger partial charge in [-0.2, -0.15) is 0 Å². The molecule has 3 rings (SSSR count). The number of nitrogens with one attached hydrogen (secondary N) is 1. The minimum absolute atomic E-state index is 0.134. The van der Waals surface area contributed by atoms with Gasteiger partial charge >= 0.3 is 0 Å². The average Bonchev–Trinajstić information content (AvgIpc) is 2.71. The number of carbonyl (C=O) groups is 1. The molecule has 29 heavy (non-hydrogen) atoms. The summed E-state index contributed by atoms with van der Waals surface area (Å²) in [4.78, 5) is 11.7. The molecule has 0 heterocycles. The lowest BCUT2D eigenvalue weighted by Gasteiger charge is -2.05. The van der Waals surface area contributed by atoms with Crippen molar-refractivity contribution in [2.24, 2.45) is 0 Å². The first kappa shape index (κ1) is 22.2. The van der Waals surface area contributed by atoms with Crippen molar-refractivity contribution in [2.75, 3.05) is 5.32 Å². The van der Waals surface area contributed by atoms with Crippen molar-refractivity contribution in [3.8, 4) is 11.1 Å². The quantitative estimate of drug-likeness (QED) is 0.355. The smallest absolute Gasteiger partial charge is 0.251 e. The Morgan fingerprint density at radius 3 is 1.97 bits per heavy atom. The number of aryl methyl sites for hydroxylation is 1. The number of anilines is 1. The van der Waals surface area contributed by atoms with E-state index in [1.165, 1.54) is 16.7 Å². The Morgan fingerprint density at radius 2 is 1.41 bits per heavy atom. The molecule has 0 spiro atoms. The van der Waals surface area contributed by atoms with Gasteiger partial charge in [-0.15, -0.1) is 0 Å². The fourth-order valence-electron chi connectivity index (χ4n) is 2.57. The maximum absolute atomic E-state index is 11.7. The summed E-state index contributed by atoms with van der Waals surface area (Å²) in [6.07, 6.45) is 1.74. The molecular weight excluding hydrogens is 378 g/mol. The van der Waals surface area contributed by atoms with Crippen LogP contribution in [0.5, 0.6) is 0 Å². The molecule has 0 aliphatic rings. The molecule has 1 N–H and O–H groups in total. The second kappa shape index (κ2) is 11.0. The molecule has 0 aliphatic heterocycles. The number of carbonyl (C=O) groups excluding carboxylic acids is 1. The van der Waals surface area contributed by atoms with Crippen LogP contribution in [0.25, 0.3) is 11.1 Å². The number of hydrogen-bond acceptors (Lipinski definition) is 1. The summed E-state index contributed by atoms with van der Waals surface area (Å²) in [6, 6.07) is 26.0. The van der Waals surface area contributed by atoms with Crippen LogP contribution in [-0.2, 0) is 4.79 Å². The van der Waals surface area contributed by atoms with Crippen molar-refractivity contribution in [3.63, 3.8) is 0 Å². The Morgan fingerprint density at radius 1 is 0.862 bits per heavy atom. The standard InChI is InChI=1S/C13H14ClNO.C13H12/c1-9(2)8-10(3)13(16)15-12-6-4-11(14)5-7-12;1-11-7-9-13(10-8-11)12-5-3-2-4-6-12/h4-8H,1H2,2-3H3,(H,15,16);2-10H,1H3/b10-8+;. The summed E-state index contributed by atoms with van der Waals surface area (Å²) in [6.45, 7) is 9.42. The maximum atomic E-state index is 11.7. The molecule has 0 atom stereocenters. The Hall–Kier alpha value is -3.10. The normalized spacial score (nSPS) is 10.6. The highest BCUT2D eigenvalue weighted by Crippen LogP contribution is 2.18. The zero-order valence-electron chi connectivity index (χ0n) is 17.1.